The average Bonchev–Trinajstić information content (AvgIpc) is 2.50. The van der Waals surface area contributed by atoms with Gasteiger partial charge in [-0.25, -0.2) is 17.6 Å². The Labute approximate surface area is 94.9 Å². The smallest absolute Gasteiger partial charge is 0.245 e. The highest BCUT2D eigenvalue weighted by Gasteiger charge is 2.03. The van der Waals surface area contributed by atoms with E-state index in [-0.39, 0.29) is 6.61 Å². The molecule has 1 aromatic rings. The summed E-state index contributed by atoms with van der Waals surface area (Å²) in [6.07, 6.45) is 5.10. The fourth-order valence-electron chi connectivity index (χ4n) is 0.835. The molecule has 0 fully saturated rings. The highest BCUT2D eigenvalue weighted by atomic mass is 32.3. The quantitative estimate of drug-likeness (QED) is 0.436. The highest BCUT2D eigenvalue weighted by Crippen LogP contribution is 1.95. The minimum absolute atomic E-state index is 0.0914. The standard InChI is InChI=1S/C6H11N2O.C2H6O4S/c1-6(9)8-4-3-7(2)5-8;1-2-6-7(3,4)5/h3-6,9H,1-2H3;2H2,1H3,(H,3,4,5)/q+1;/p-1. The first-order valence-corrected chi connectivity index (χ1v) is 5.90. The Kier molecular flexibility index (Phi) is 6.19. The van der Waals surface area contributed by atoms with Crippen LogP contribution >= 0.6 is 0 Å². The number of aliphatic hydroxyl groups excluding tert-OH is 1. The lowest BCUT2D eigenvalue weighted by atomic mass is 10.6. The van der Waals surface area contributed by atoms with E-state index >= 15 is 0 Å². The van der Waals surface area contributed by atoms with Crippen molar-refractivity contribution in [3.63, 3.8) is 0 Å². The van der Waals surface area contributed by atoms with Gasteiger partial charge in [-0.3, -0.25) is 4.18 Å². The van der Waals surface area contributed by atoms with E-state index in [1.807, 2.05) is 30.3 Å². The van der Waals surface area contributed by atoms with Gasteiger partial charge in [-0.1, -0.05) is 0 Å². The summed E-state index contributed by atoms with van der Waals surface area (Å²) < 4.78 is 35.6. The topological polar surface area (TPSA) is 95.5 Å². The largest absolute Gasteiger partial charge is 0.726 e. The van der Waals surface area contributed by atoms with Crippen molar-refractivity contribution in [1.82, 2.24) is 4.57 Å². The fourth-order valence-corrected chi connectivity index (χ4v) is 1.12. The zero-order valence-electron chi connectivity index (χ0n) is 9.40. The first-order valence-electron chi connectivity index (χ1n) is 4.57. The molecule has 0 aliphatic rings. The number of rotatable bonds is 3. The predicted octanol–water partition coefficient (Wildman–Crippen LogP) is -0.694. The minimum Gasteiger partial charge on any atom is -0.726 e. The maximum atomic E-state index is 9.45. The van der Waals surface area contributed by atoms with Gasteiger partial charge in [0.2, 0.25) is 16.7 Å². The second-order valence-electron chi connectivity index (χ2n) is 2.97. The highest BCUT2D eigenvalue weighted by molar-refractivity contribution is 7.80. The maximum absolute atomic E-state index is 9.45. The summed E-state index contributed by atoms with van der Waals surface area (Å²) in [6.45, 7) is 3.06. The lowest BCUT2D eigenvalue weighted by molar-refractivity contribution is -0.671. The molecule has 7 nitrogen and oxygen atoms in total. The van der Waals surface area contributed by atoms with Crippen LogP contribution in [0, 0.1) is 0 Å². The summed E-state index contributed by atoms with van der Waals surface area (Å²) in [6, 6.07) is 0. The number of aromatic nitrogens is 2. The Hall–Kier alpha value is -0.960. The molecular formula is C8H16N2O5S. The molecule has 1 unspecified atom stereocenters. The van der Waals surface area contributed by atoms with Crippen molar-refractivity contribution < 1.29 is 26.8 Å². The van der Waals surface area contributed by atoms with Gasteiger partial charge in [0, 0.05) is 6.92 Å². The van der Waals surface area contributed by atoms with Gasteiger partial charge in [0.1, 0.15) is 12.4 Å². The van der Waals surface area contributed by atoms with Crippen molar-refractivity contribution in [1.29, 1.82) is 0 Å². The zero-order chi connectivity index (χ0) is 12.8. The molecule has 0 radical (unpaired) electrons. The van der Waals surface area contributed by atoms with Gasteiger partial charge >= 0.3 is 0 Å². The molecule has 0 aliphatic carbocycles. The Bertz CT molecular complexity index is 398. The first-order chi connectivity index (χ1) is 7.26. The van der Waals surface area contributed by atoms with Crippen LogP contribution in [-0.2, 0) is 21.6 Å². The van der Waals surface area contributed by atoms with E-state index < -0.39 is 16.6 Å². The second-order valence-corrected chi connectivity index (χ2v) is 4.03. The summed E-state index contributed by atoms with van der Waals surface area (Å²) in [4.78, 5) is 0. The monoisotopic (exact) mass is 252 g/mol. The number of aryl methyl sites for hydroxylation is 1. The molecule has 8 heteroatoms. The number of hydrogen-bond acceptors (Lipinski definition) is 5. The Morgan fingerprint density at radius 1 is 1.62 bits per heavy atom. The van der Waals surface area contributed by atoms with Crippen LogP contribution < -0.4 is 4.57 Å². The normalized spacial score (nSPS) is 12.8. The van der Waals surface area contributed by atoms with E-state index in [0.29, 0.717) is 0 Å². The van der Waals surface area contributed by atoms with Crippen LogP contribution in [0.5, 0.6) is 0 Å². The SMILES string of the molecule is CC(O)n1cc[n+](C)c1.CCOS(=O)(=O)[O-]. The van der Waals surface area contributed by atoms with Crippen molar-refractivity contribution in [2.75, 3.05) is 6.61 Å². The van der Waals surface area contributed by atoms with Crippen LogP contribution in [0.2, 0.25) is 0 Å². The van der Waals surface area contributed by atoms with Gasteiger partial charge in [0.15, 0.2) is 6.23 Å². The number of aliphatic hydroxyl groups is 1. The van der Waals surface area contributed by atoms with Gasteiger partial charge < -0.3 is 9.66 Å². The predicted molar refractivity (Wildman–Crippen MR) is 53.9 cm³/mol. The Balaban J connectivity index is 0.000000293. The second kappa shape index (κ2) is 6.59. The molecule has 0 aromatic carbocycles. The zero-order valence-corrected chi connectivity index (χ0v) is 10.2. The molecule has 16 heavy (non-hydrogen) atoms. The van der Waals surface area contributed by atoms with Crippen LogP contribution in [0.4, 0.5) is 0 Å². The van der Waals surface area contributed by atoms with Crippen molar-refractivity contribution in [3.05, 3.63) is 18.7 Å². The Morgan fingerprint density at radius 2 is 2.19 bits per heavy atom. The lowest BCUT2D eigenvalue weighted by Gasteiger charge is -2.02. The summed E-state index contributed by atoms with van der Waals surface area (Å²) in [5, 5.41) is 8.99. The molecule has 1 rings (SSSR count). The molecule has 1 aromatic heterocycles. The van der Waals surface area contributed by atoms with Crippen molar-refractivity contribution in [2.45, 2.75) is 20.1 Å². The molecule has 0 saturated carbocycles. The van der Waals surface area contributed by atoms with Crippen LogP contribution in [0.25, 0.3) is 0 Å². The molecule has 1 atom stereocenters. The van der Waals surface area contributed by atoms with Gasteiger partial charge in [0.25, 0.3) is 0 Å². The molecular weight excluding hydrogens is 236 g/mol. The number of hydrogen-bond donors (Lipinski definition) is 1. The number of nitrogens with zero attached hydrogens (tertiary/aromatic N) is 2. The third-order valence-corrected chi connectivity index (χ3v) is 2.01. The molecule has 0 bridgehead atoms. The maximum Gasteiger partial charge on any atom is 0.245 e. The summed E-state index contributed by atoms with van der Waals surface area (Å²) in [5.74, 6) is 0. The van der Waals surface area contributed by atoms with Gasteiger partial charge in [-0.2, -0.15) is 0 Å². The van der Waals surface area contributed by atoms with E-state index in [4.69, 9.17) is 5.11 Å². The van der Waals surface area contributed by atoms with Crippen LogP contribution in [-0.4, -0.2) is 29.3 Å². The van der Waals surface area contributed by atoms with Gasteiger partial charge in [-0.05, 0) is 6.92 Å². The van der Waals surface area contributed by atoms with E-state index in [0.717, 1.165) is 0 Å². The van der Waals surface area contributed by atoms with E-state index in [2.05, 4.69) is 4.18 Å². The van der Waals surface area contributed by atoms with E-state index in [1.54, 1.807) is 11.5 Å². The third kappa shape index (κ3) is 7.35. The van der Waals surface area contributed by atoms with E-state index in [1.165, 1.54) is 6.92 Å². The molecule has 1 N–H and O–H groups in total. The number of imidazole rings is 1. The molecule has 1 heterocycles. The van der Waals surface area contributed by atoms with Crippen molar-refractivity contribution >= 4 is 10.4 Å². The van der Waals surface area contributed by atoms with Crippen LogP contribution in [0.15, 0.2) is 18.7 Å². The Morgan fingerprint density at radius 3 is 2.31 bits per heavy atom. The van der Waals surface area contributed by atoms with Crippen molar-refractivity contribution in [2.24, 2.45) is 7.05 Å². The first kappa shape index (κ1) is 15.0. The van der Waals surface area contributed by atoms with Crippen LogP contribution in [0.1, 0.15) is 20.1 Å². The third-order valence-electron chi connectivity index (χ3n) is 1.48. The van der Waals surface area contributed by atoms with Crippen molar-refractivity contribution in [3.8, 4) is 0 Å². The summed E-state index contributed by atoms with van der Waals surface area (Å²) in [5.41, 5.74) is 0. The molecule has 0 amide bonds. The summed E-state index contributed by atoms with van der Waals surface area (Å²) in [7, 11) is -2.51. The molecule has 94 valence electrons. The summed E-state index contributed by atoms with van der Waals surface area (Å²) >= 11 is 0. The molecule has 0 spiro atoms. The lowest BCUT2D eigenvalue weighted by Crippen LogP contribution is -2.24. The fraction of sp³-hybridized carbons (Fsp3) is 0.625. The minimum atomic E-state index is -4.42. The van der Waals surface area contributed by atoms with Gasteiger partial charge in [0.05, 0.1) is 13.7 Å². The average molecular weight is 252 g/mol. The van der Waals surface area contributed by atoms with Crippen LogP contribution in [0.3, 0.4) is 0 Å². The molecule has 0 saturated heterocycles. The van der Waals surface area contributed by atoms with E-state index in [9.17, 15) is 13.0 Å². The van der Waals surface area contributed by atoms with Gasteiger partial charge in [-0.15, -0.1) is 0 Å². The molecule has 0 aliphatic heterocycles.